The molecule has 1 heteroatoms. The predicted octanol–water partition coefficient (Wildman–Crippen LogP) is 3.32. The third-order valence-corrected chi connectivity index (χ3v) is 3.57. The maximum Gasteiger partial charge on any atom is 0.0409 e. The minimum absolute atomic E-state index is 0.0174. The summed E-state index contributed by atoms with van der Waals surface area (Å²) < 4.78 is 0. The molecule has 0 aliphatic heterocycles. The van der Waals surface area contributed by atoms with E-state index < -0.39 is 0 Å². The van der Waals surface area contributed by atoms with Crippen LogP contribution in [0.3, 0.4) is 0 Å². The highest BCUT2D eigenvalue weighted by molar-refractivity contribution is 5.32. The molecule has 0 bridgehead atoms. The van der Waals surface area contributed by atoms with Crippen LogP contribution in [0, 0.1) is 0 Å². The Balaban J connectivity index is 2.24. The molecule has 0 spiro atoms. The van der Waals surface area contributed by atoms with Gasteiger partial charge in [0.15, 0.2) is 0 Å². The number of hydrogen-bond acceptors (Lipinski definition) is 1. The first kappa shape index (κ1) is 10.7. The van der Waals surface area contributed by atoms with E-state index >= 15 is 0 Å². The van der Waals surface area contributed by atoms with E-state index in [-0.39, 0.29) is 11.0 Å². The molecule has 82 valence electrons. The Hall–Kier alpha value is -0.820. The summed E-state index contributed by atoms with van der Waals surface area (Å²) in [4.78, 5) is 0. The van der Waals surface area contributed by atoms with Crippen LogP contribution in [0.25, 0.3) is 0 Å². The van der Waals surface area contributed by atoms with Crippen LogP contribution in [0.1, 0.15) is 51.2 Å². The Morgan fingerprint density at radius 2 is 1.60 bits per heavy atom. The summed E-state index contributed by atoms with van der Waals surface area (Å²) in [5.41, 5.74) is 9.19. The van der Waals surface area contributed by atoms with E-state index in [1.54, 1.807) is 0 Å². The third kappa shape index (κ3) is 1.93. The van der Waals surface area contributed by atoms with Gasteiger partial charge in [0.2, 0.25) is 0 Å². The van der Waals surface area contributed by atoms with Gasteiger partial charge in [0.05, 0.1) is 0 Å². The summed E-state index contributed by atoms with van der Waals surface area (Å²) in [6, 6.07) is 8.87. The van der Waals surface area contributed by atoms with Crippen LogP contribution in [0.15, 0.2) is 24.3 Å². The van der Waals surface area contributed by atoms with Crippen LogP contribution < -0.4 is 5.73 Å². The van der Waals surface area contributed by atoms with Crippen LogP contribution >= 0.6 is 0 Å². The van der Waals surface area contributed by atoms with Crippen molar-refractivity contribution in [2.24, 2.45) is 5.73 Å². The minimum Gasteiger partial charge on any atom is -0.321 e. The Labute approximate surface area is 92.7 Å². The second kappa shape index (κ2) is 3.34. The van der Waals surface area contributed by atoms with Gasteiger partial charge in [-0.2, -0.15) is 0 Å². The van der Waals surface area contributed by atoms with Gasteiger partial charge >= 0.3 is 0 Å². The Kier molecular flexibility index (Phi) is 2.38. The van der Waals surface area contributed by atoms with Gasteiger partial charge in [-0.05, 0) is 35.8 Å². The average Bonchev–Trinajstić information content (AvgIpc) is 2.13. The van der Waals surface area contributed by atoms with E-state index in [2.05, 4.69) is 45.0 Å². The lowest BCUT2D eigenvalue weighted by Crippen LogP contribution is -2.43. The van der Waals surface area contributed by atoms with Crippen LogP contribution in [0.2, 0.25) is 0 Å². The maximum absolute atomic E-state index is 6.28. The highest BCUT2D eigenvalue weighted by Gasteiger charge is 2.34. The number of nitrogens with two attached hydrogens (primary N) is 1. The van der Waals surface area contributed by atoms with Crippen molar-refractivity contribution in [3.63, 3.8) is 0 Å². The van der Waals surface area contributed by atoms with Crippen molar-refractivity contribution in [2.45, 2.75) is 51.0 Å². The Bertz CT molecular complexity index is 339. The topological polar surface area (TPSA) is 26.0 Å². The molecular weight excluding hydrogens is 182 g/mol. The van der Waals surface area contributed by atoms with Crippen LogP contribution in [0.4, 0.5) is 0 Å². The van der Waals surface area contributed by atoms with Gasteiger partial charge in [0.1, 0.15) is 0 Å². The molecule has 0 aromatic heterocycles. The van der Waals surface area contributed by atoms with Gasteiger partial charge in [-0.3, -0.25) is 0 Å². The molecule has 1 aliphatic rings. The molecular formula is C14H21N. The van der Waals surface area contributed by atoms with E-state index in [1.165, 1.54) is 17.5 Å². The fourth-order valence-corrected chi connectivity index (χ4v) is 2.15. The fraction of sp³-hybridized carbons (Fsp3) is 0.571. The van der Waals surface area contributed by atoms with Crippen molar-refractivity contribution in [3.8, 4) is 0 Å². The molecule has 0 heterocycles. The molecule has 0 unspecified atom stereocenters. The zero-order chi connectivity index (χ0) is 11.1. The first-order chi connectivity index (χ1) is 6.92. The largest absolute Gasteiger partial charge is 0.321 e. The van der Waals surface area contributed by atoms with Gasteiger partial charge in [-0.25, -0.2) is 0 Å². The number of rotatable bonds is 1. The molecule has 2 rings (SSSR count). The summed E-state index contributed by atoms with van der Waals surface area (Å²) in [5.74, 6) is 0. The molecule has 1 nitrogen and oxygen atoms in total. The molecule has 0 atom stereocenters. The van der Waals surface area contributed by atoms with E-state index in [1.807, 2.05) is 0 Å². The van der Waals surface area contributed by atoms with Gasteiger partial charge in [-0.15, -0.1) is 0 Å². The SMILES string of the molecule is CC(C)(C)c1ccc(C2(N)CCC2)cc1. The zero-order valence-corrected chi connectivity index (χ0v) is 10.0. The van der Waals surface area contributed by atoms with Crippen molar-refractivity contribution in [1.82, 2.24) is 0 Å². The molecule has 15 heavy (non-hydrogen) atoms. The van der Waals surface area contributed by atoms with E-state index in [0.717, 1.165) is 12.8 Å². The van der Waals surface area contributed by atoms with Gasteiger partial charge in [0, 0.05) is 5.54 Å². The first-order valence-electron chi connectivity index (χ1n) is 5.82. The van der Waals surface area contributed by atoms with Gasteiger partial charge < -0.3 is 5.73 Å². The molecule has 1 aromatic carbocycles. The summed E-state index contributed by atoms with van der Waals surface area (Å²) in [6.07, 6.45) is 3.56. The standard InChI is InChI=1S/C14H21N/c1-13(2,3)11-5-7-12(8-6-11)14(15)9-4-10-14/h5-8H,4,9-10,15H2,1-3H3. The fourth-order valence-electron chi connectivity index (χ4n) is 2.15. The molecule has 2 N–H and O–H groups in total. The van der Waals surface area contributed by atoms with Crippen molar-refractivity contribution in [2.75, 3.05) is 0 Å². The Morgan fingerprint density at radius 3 is 1.93 bits per heavy atom. The second-order valence-electron chi connectivity index (χ2n) is 5.84. The van der Waals surface area contributed by atoms with Crippen molar-refractivity contribution in [1.29, 1.82) is 0 Å². The van der Waals surface area contributed by atoms with Crippen molar-refractivity contribution >= 4 is 0 Å². The van der Waals surface area contributed by atoms with Gasteiger partial charge in [0.25, 0.3) is 0 Å². The lowest BCUT2D eigenvalue weighted by Gasteiger charge is -2.39. The monoisotopic (exact) mass is 203 g/mol. The molecule has 1 fully saturated rings. The average molecular weight is 203 g/mol. The lowest BCUT2D eigenvalue weighted by molar-refractivity contribution is 0.253. The van der Waals surface area contributed by atoms with Crippen LogP contribution in [-0.4, -0.2) is 0 Å². The number of hydrogen-bond donors (Lipinski definition) is 1. The Morgan fingerprint density at radius 1 is 1.07 bits per heavy atom. The predicted molar refractivity (Wildman–Crippen MR) is 64.9 cm³/mol. The lowest BCUT2D eigenvalue weighted by atomic mass is 9.72. The second-order valence-corrected chi connectivity index (χ2v) is 5.84. The molecule has 1 aromatic rings. The summed E-state index contributed by atoms with van der Waals surface area (Å²) in [7, 11) is 0. The van der Waals surface area contributed by atoms with Gasteiger partial charge in [-0.1, -0.05) is 45.0 Å². The van der Waals surface area contributed by atoms with Crippen LogP contribution in [-0.2, 0) is 11.0 Å². The highest BCUT2D eigenvalue weighted by atomic mass is 14.8. The third-order valence-electron chi connectivity index (χ3n) is 3.57. The molecule has 0 saturated heterocycles. The smallest absolute Gasteiger partial charge is 0.0409 e. The quantitative estimate of drug-likeness (QED) is 0.744. The summed E-state index contributed by atoms with van der Waals surface area (Å²) in [6.45, 7) is 6.72. The normalized spacial score (nSPS) is 19.7. The maximum atomic E-state index is 6.28. The van der Waals surface area contributed by atoms with Crippen LogP contribution in [0.5, 0.6) is 0 Å². The molecule has 0 radical (unpaired) electrons. The first-order valence-corrected chi connectivity index (χ1v) is 5.82. The molecule has 1 aliphatic carbocycles. The zero-order valence-electron chi connectivity index (χ0n) is 10.0. The molecule has 1 saturated carbocycles. The van der Waals surface area contributed by atoms with E-state index in [4.69, 9.17) is 5.73 Å². The van der Waals surface area contributed by atoms with Crippen molar-refractivity contribution in [3.05, 3.63) is 35.4 Å². The van der Waals surface area contributed by atoms with E-state index in [9.17, 15) is 0 Å². The number of benzene rings is 1. The minimum atomic E-state index is -0.0174. The highest BCUT2D eigenvalue weighted by Crippen LogP contribution is 2.39. The van der Waals surface area contributed by atoms with Crippen molar-refractivity contribution < 1.29 is 0 Å². The molecule has 0 amide bonds. The summed E-state index contributed by atoms with van der Waals surface area (Å²) >= 11 is 0. The van der Waals surface area contributed by atoms with E-state index in [0.29, 0.717) is 0 Å². The summed E-state index contributed by atoms with van der Waals surface area (Å²) in [5, 5.41) is 0.